The molecule has 1 heterocycles. The Hall–Kier alpha value is -4.53. The molecule has 3 aromatic carbocycles. The van der Waals surface area contributed by atoms with Crippen molar-refractivity contribution in [3.63, 3.8) is 0 Å². The summed E-state index contributed by atoms with van der Waals surface area (Å²) in [7, 11) is 0. The van der Waals surface area contributed by atoms with Crippen LogP contribution in [0.25, 0.3) is 0 Å². The number of carboxylic acids is 1. The second-order valence-corrected chi connectivity index (χ2v) is 9.12. The number of benzene rings is 3. The summed E-state index contributed by atoms with van der Waals surface area (Å²) in [6.45, 7) is 2.01. The van der Waals surface area contributed by atoms with E-state index in [1.54, 1.807) is 55.5 Å². The van der Waals surface area contributed by atoms with Gasteiger partial charge in [0.1, 0.15) is 16.9 Å². The van der Waals surface area contributed by atoms with Crippen molar-refractivity contribution in [2.45, 2.75) is 18.3 Å². The number of imide groups is 1. The molecule has 180 valence electrons. The molecule has 9 heteroatoms. The fourth-order valence-electron chi connectivity index (χ4n) is 6.47. The Balaban J connectivity index is 1.61. The van der Waals surface area contributed by atoms with E-state index in [1.165, 1.54) is 18.2 Å². The van der Waals surface area contributed by atoms with Crippen LogP contribution in [-0.2, 0) is 19.8 Å². The molecule has 0 radical (unpaired) electrons. The normalized spacial score (nSPS) is 25.2. The van der Waals surface area contributed by atoms with Gasteiger partial charge in [-0.1, -0.05) is 48.5 Å². The van der Waals surface area contributed by atoms with E-state index in [-0.39, 0.29) is 18.0 Å². The summed E-state index contributed by atoms with van der Waals surface area (Å²) in [4.78, 5) is 53.3. The monoisotopic (exact) mass is 484 g/mol. The van der Waals surface area contributed by atoms with Crippen LogP contribution in [-0.4, -0.2) is 34.4 Å². The smallest absolute Gasteiger partial charge is 0.319 e. The first kappa shape index (κ1) is 22.0. The number of ether oxygens (including phenoxy) is 1. The maximum absolute atomic E-state index is 14.0. The molecule has 0 spiro atoms. The van der Waals surface area contributed by atoms with Crippen molar-refractivity contribution < 1.29 is 29.2 Å². The first-order valence-electron chi connectivity index (χ1n) is 11.5. The molecule has 0 aromatic heterocycles. The molecule has 1 fully saturated rings. The van der Waals surface area contributed by atoms with Crippen LogP contribution in [0, 0.1) is 22.0 Å². The second-order valence-electron chi connectivity index (χ2n) is 9.12. The summed E-state index contributed by atoms with van der Waals surface area (Å²) in [5.74, 6) is -5.21. The van der Waals surface area contributed by atoms with Crippen molar-refractivity contribution in [3.05, 3.63) is 99.1 Å². The Bertz CT molecular complexity index is 1450. The van der Waals surface area contributed by atoms with Gasteiger partial charge in [-0.05, 0) is 41.3 Å². The molecule has 1 saturated heterocycles. The van der Waals surface area contributed by atoms with E-state index < -0.39 is 51.6 Å². The summed E-state index contributed by atoms with van der Waals surface area (Å²) in [6, 6.07) is 17.9. The fourth-order valence-corrected chi connectivity index (χ4v) is 6.47. The van der Waals surface area contributed by atoms with E-state index in [0.29, 0.717) is 22.3 Å². The highest BCUT2D eigenvalue weighted by Crippen LogP contribution is 2.64. The summed E-state index contributed by atoms with van der Waals surface area (Å²) >= 11 is 0. The van der Waals surface area contributed by atoms with E-state index in [0.717, 1.165) is 4.90 Å². The molecule has 7 rings (SSSR count). The van der Waals surface area contributed by atoms with Gasteiger partial charge in [-0.3, -0.25) is 24.5 Å². The fraction of sp³-hybridized carbons (Fsp3) is 0.222. The van der Waals surface area contributed by atoms with E-state index in [2.05, 4.69) is 0 Å². The van der Waals surface area contributed by atoms with Gasteiger partial charge in [0.2, 0.25) is 11.8 Å². The minimum Gasteiger partial charge on any atom is -0.494 e. The summed E-state index contributed by atoms with van der Waals surface area (Å²) in [5, 5.41) is 22.7. The van der Waals surface area contributed by atoms with E-state index in [4.69, 9.17) is 4.74 Å². The van der Waals surface area contributed by atoms with Crippen molar-refractivity contribution in [1.29, 1.82) is 0 Å². The van der Waals surface area contributed by atoms with Gasteiger partial charge in [-0.25, -0.2) is 4.90 Å². The lowest BCUT2D eigenvalue weighted by molar-refractivity contribution is -0.384. The molecule has 1 N–H and O–H groups in total. The zero-order valence-corrected chi connectivity index (χ0v) is 19.1. The van der Waals surface area contributed by atoms with Gasteiger partial charge < -0.3 is 9.84 Å². The van der Waals surface area contributed by atoms with Crippen LogP contribution in [0.5, 0.6) is 5.75 Å². The molecule has 3 aromatic rings. The third kappa shape index (κ3) is 2.51. The Kier molecular flexibility index (Phi) is 4.57. The summed E-state index contributed by atoms with van der Waals surface area (Å²) in [6.07, 6.45) is 0. The minimum absolute atomic E-state index is 0.194. The van der Waals surface area contributed by atoms with Crippen LogP contribution < -0.4 is 9.64 Å². The molecule has 9 nitrogen and oxygen atoms in total. The van der Waals surface area contributed by atoms with Crippen molar-refractivity contribution in [3.8, 4) is 5.75 Å². The number of nitro benzene ring substituents is 1. The van der Waals surface area contributed by atoms with Gasteiger partial charge >= 0.3 is 5.97 Å². The van der Waals surface area contributed by atoms with Crippen molar-refractivity contribution in [2.75, 3.05) is 11.5 Å². The Morgan fingerprint density at radius 2 is 1.64 bits per heavy atom. The quantitative estimate of drug-likeness (QED) is 0.333. The highest BCUT2D eigenvalue weighted by Gasteiger charge is 2.71. The Morgan fingerprint density at radius 3 is 2.19 bits per heavy atom. The number of rotatable bonds is 5. The molecule has 2 bridgehead atoms. The van der Waals surface area contributed by atoms with E-state index >= 15 is 0 Å². The number of aliphatic carboxylic acids is 1. The molecule has 0 unspecified atom stereocenters. The summed E-state index contributed by atoms with van der Waals surface area (Å²) in [5.41, 5.74) is -0.131. The molecule has 2 amide bonds. The maximum Gasteiger partial charge on any atom is 0.319 e. The predicted octanol–water partition coefficient (Wildman–Crippen LogP) is 3.63. The van der Waals surface area contributed by atoms with Gasteiger partial charge in [-0.2, -0.15) is 0 Å². The lowest BCUT2D eigenvalue weighted by Gasteiger charge is -2.51. The first-order chi connectivity index (χ1) is 17.3. The van der Waals surface area contributed by atoms with Crippen LogP contribution >= 0.6 is 0 Å². The van der Waals surface area contributed by atoms with Crippen molar-refractivity contribution in [2.24, 2.45) is 11.8 Å². The average molecular weight is 484 g/mol. The van der Waals surface area contributed by atoms with Crippen molar-refractivity contribution in [1.82, 2.24) is 0 Å². The predicted molar refractivity (Wildman–Crippen MR) is 127 cm³/mol. The van der Waals surface area contributed by atoms with Crippen LogP contribution in [0.1, 0.15) is 35.1 Å². The third-order valence-electron chi connectivity index (χ3n) is 7.65. The molecule has 4 aliphatic rings. The molecular weight excluding hydrogens is 464 g/mol. The maximum atomic E-state index is 14.0. The van der Waals surface area contributed by atoms with Crippen LogP contribution in [0.3, 0.4) is 0 Å². The number of nitro groups is 1. The molecule has 1 aliphatic heterocycles. The van der Waals surface area contributed by atoms with Gasteiger partial charge in [-0.15, -0.1) is 0 Å². The van der Waals surface area contributed by atoms with Gasteiger partial charge in [0.15, 0.2) is 0 Å². The lowest BCUT2D eigenvalue weighted by atomic mass is 9.47. The zero-order chi connectivity index (χ0) is 25.4. The van der Waals surface area contributed by atoms with Gasteiger partial charge in [0.25, 0.3) is 5.69 Å². The number of amides is 2. The zero-order valence-electron chi connectivity index (χ0n) is 19.1. The number of carbonyl (C=O) groups excluding carboxylic acids is 2. The SMILES string of the molecule is CCOc1ccc(N2C(=O)[C@@H]3[C@@H](C2=O)C2c4ccccc4C3(C(=O)O)c3ccccc32)c([N+](=O)[O-])c1. The third-order valence-corrected chi connectivity index (χ3v) is 7.65. The second kappa shape index (κ2) is 7.48. The standard InChI is InChI=1S/C27H20N2O7/c1-2-36-14-11-12-19(20(13-14)29(34)35)28-24(30)22-21-15-7-3-5-9-17(15)27(26(32)33,23(22)25(28)31)18-10-6-4-8-16(18)21/h3-13,21-23H,2H2,1H3,(H,32,33)/t21?,22-,23-,27?/m0/s1. The molecule has 2 atom stereocenters. The molecule has 0 saturated carbocycles. The largest absolute Gasteiger partial charge is 0.494 e. The average Bonchev–Trinajstić information content (AvgIpc) is 3.14. The molecule has 36 heavy (non-hydrogen) atoms. The lowest BCUT2D eigenvalue weighted by Crippen LogP contribution is -2.57. The number of anilines is 1. The number of carbonyl (C=O) groups is 3. The van der Waals surface area contributed by atoms with Crippen molar-refractivity contribution >= 4 is 29.2 Å². The Morgan fingerprint density at radius 1 is 1.03 bits per heavy atom. The first-order valence-corrected chi connectivity index (χ1v) is 11.5. The molecular formula is C27H20N2O7. The number of nitrogens with zero attached hydrogens (tertiary/aromatic N) is 2. The number of hydrogen-bond acceptors (Lipinski definition) is 6. The Labute approximate surface area is 205 Å². The topological polar surface area (TPSA) is 127 Å². The van der Waals surface area contributed by atoms with Crippen LogP contribution in [0.2, 0.25) is 0 Å². The van der Waals surface area contributed by atoms with Gasteiger partial charge in [0.05, 0.1) is 29.4 Å². The van der Waals surface area contributed by atoms with E-state index in [9.17, 15) is 29.6 Å². The minimum atomic E-state index is -1.80. The highest BCUT2D eigenvalue weighted by atomic mass is 16.6. The number of hydrogen-bond donors (Lipinski definition) is 1. The summed E-state index contributed by atoms with van der Waals surface area (Å²) < 4.78 is 5.37. The molecule has 3 aliphatic carbocycles. The van der Waals surface area contributed by atoms with Gasteiger partial charge in [0, 0.05) is 5.92 Å². The van der Waals surface area contributed by atoms with E-state index in [1.807, 2.05) is 0 Å². The van der Waals surface area contributed by atoms with Crippen LogP contribution in [0.4, 0.5) is 11.4 Å². The van der Waals surface area contributed by atoms with Crippen LogP contribution in [0.15, 0.2) is 66.7 Å². The highest BCUT2D eigenvalue weighted by molar-refractivity contribution is 6.26. The number of carboxylic acid groups (broad SMARTS) is 1.